The fraction of sp³-hybridized carbons (Fsp3) is 0.529. The van der Waals surface area contributed by atoms with E-state index in [1.54, 1.807) is 4.90 Å². The van der Waals surface area contributed by atoms with Gasteiger partial charge < -0.3 is 20.3 Å². The molecule has 2 aliphatic heterocycles. The molecule has 0 radical (unpaired) electrons. The number of nitrogens with zero attached hydrogens (tertiary/aromatic N) is 1. The van der Waals surface area contributed by atoms with Crippen LogP contribution in [0, 0.1) is 0 Å². The zero-order chi connectivity index (χ0) is 16.2. The highest BCUT2D eigenvalue weighted by Gasteiger charge is 2.26. The number of morpholine rings is 1. The molecule has 124 valence electrons. The summed E-state index contributed by atoms with van der Waals surface area (Å²) in [5.41, 5.74) is 2.15. The molecule has 2 heterocycles. The Bertz CT molecular complexity index is 582. The molecular weight excluding hydrogens is 294 g/mol. The summed E-state index contributed by atoms with van der Waals surface area (Å²) in [6, 6.07) is 7.56. The summed E-state index contributed by atoms with van der Waals surface area (Å²) >= 11 is 0. The van der Waals surface area contributed by atoms with E-state index in [-0.39, 0.29) is 30.5 Å². The summed E-state index contributed by atoms with van der Waals surface area (Å²) in [5, 5.41) is 5.85. The van der Waals surface area contributed by atoms with Crippen molar-refractivity contribution in [1.82, 2.24) is 10.6 Å². The van der Waals surface area contributed by atoms with Gasteiger partial charge in [-0.15, -0.1) is 0 Å². The van der Waals surface area contributed by atoms with Gasteiger partial charge in [0.25, 0.3) is 0 Å². The molecule has 0 aromatic heterocycles. The monoisotopic (exact) mass is 317 g/mol. The van der Waals surface area contributed by atoms with Gasteiger partial charge in [-0.1, -0.05) is 18.2 Å². The molecule has 0 spiro atoms. The molecule has 1 aromatic rings. The first kappa shape index (κ1) is 16.0. The number of benzene rings is 1. The highest BCUT2D eigenvalue weighted by Crippen LogP contribution is 2.26. The van der Waals surface area contributed by atoms with Crippen LogP contribution in [0.15, 0.2) is 24.3 Å². The van der Waals surface area contributed by atoms with E-state index >= 15 is 0 Å². The van der Waals surface area contributed by atoms with Crippen LogP contribution in [-0.2, 0) is 20.7 Å². The number of carbonyl (C=O) groups excluding carboxylic acids is 2. The van der Waals surface area contributed by atoms with Gasteiger partial charge >= 0.3 is 0 Å². The molecule has 3 rings (SSSR count). The lowest BCUT2D eigenvalue weighted by Crippen LogP contribution is -2.54. The molecule has 2 atom stereocenters. The smallest absolute Gasteiger partial charge is 0.246 e. The number of aryl methyl sites for hydroxylation is 1. The third kappa shape index (κ3) is 3.71. The van der Waals surface area contributed by atoms with Crippen molar-refractivity contribution < 1.29 is 14.3 Å². The second kappa shape index (κ2) is 7.10. The maximum absolute atomic E-state index is 12.5. The first-order chi connectivity index (χ1) is 11.1. The van der Waals surface area contributed by atoms with Crippen LogP contribution in [0.4, 0.5) is 5.69 Å². The Labute approximate surface area is 136 Å². The number of fused-ring (bicyclic) bond motifs is 1. The minimum Gasteiger partial charge on any atom is -0.375 e. The van der Waals surface area contributed by atoms with E-state index in [1.165, 1.54) is 5.56 Å². The van der Waals surface area contributed by atoms with Gasteiger partial charge in [-0.05, 0) is 31.4 Å². The molecule has 0 unspecified atom stereocenters. The maximum atomic E-state index is 12.5. The number of carbonyl (C=O) groups is 2. The predicted molar refractivity (Wildman–Crippen MR) is 87.3 cm³/mol. The van der Waals surface area contributed by atoms with E-state index in [1.807, 2.05) is 25.1 Å². The minimum absolute atomic E-state index is 0.0148. The van der Waals surface area contributed by atoms with Crippen LogP contribution in [0.3, 0.4) is 0 Å². The third-order valence-electron chi connectivity index (χ3n) is 4.34. The number of amides is 2. The second-order valence-electron chi connectivity index (χ2n) is 6.10. The molecule has 0 aliphatic carbocycles. The summed E-state index contributed by atoms with van der Waals surface area (Å²) in [7, 11) is 0. The van der Waals surface area contributed by atoms with E-state index in [0.717, 1.165) is 18.5 Å². The van der Waals surface area contributed by atoms with Gasteiger partial charge in [-0.3, -0.25) is 9.59 Å². The van der Waals surface area contributed by atoms with Crippen molar-refractivity contribution in [2.24, 2.45) is 0 Å². The van der Waals surface area contributed by atoms with Gasteiger partial charge in [0.1, 0.15) is 6.04 Å². The molecule has 1 fully saturated rings. The Kier molecular flexibility index (Phi) is 4.93. The van der Waals surface area contributed by atoms with E-state index in [4.69, 9.17) is 4.74 Å². The summed E-state index contributed by atoms with van der Waals surface area (Å²) in [6.07, 6.45) is 2.06. The summed E-state index contributed by atoms with van der Waals surface area (Å²) in [4.78, 5) is 26.3. The third-order valence-corrected chi connectivity index (χ3v) is 4.34. The Morgan fingerprint density at radius 3 is 3.00 bits per heavy atom. The Balaban J connectivity index is 1.55. The highest BCUT2D eigenvalue weighted by atomic mass is 16.5. The molecule has 0 saturated carbocycles. The number of para-hydroxylation sites is 1. The molecule has 1 aromatic carbocycles. The van der Waals surface area contributed by atoms with Crippen LogP contribution >= 0.6 is 0 Å². The van der Waals surface area contributed by atoms with Gasteiger partial charge in [-0.2, -0.15) is 0 Å². The molecule has 6 heteroatoms. The quantitative estimate of drug-likeness (QED) is 0.850. The van der Waals surface area contributed by atoms with Crippen molar-refractivity contribution >= 4 is 17.5 Å². The first-order valence-corrected chi connectivity index (χ1v) is 8.16. The summed E-state index contributed by atoms with van der Waals surface area (Å²) < 4.78 is 5.46. The number of ether oxygens (including phenoxy) is 1. The van der Waals surface area contributed by atoms with Crippen LogP contribution in [0.2, 0.25) is 0 Å². The van der Waals surface area contributed by atoms with Crippen molar-refractivity contribution in [2.45, 2.75) is 31.9 Å². The zero-order valence-electron chi connectivity index (χ0n) is 13.4. The molecule has 6 nitrogen and oxygen atoms in total. The summed E-state index contributed by atoms with van der Waals surface area (Å²) in [6.45, 7) is 3.66. The van der Waals surface area contributed by atoms with E-state index < -0.39 is 0 Å². The van der Waals surface area contributed by atoms with Gasteiger partial charge in [0.15, 0.2) is 0 Å². The topological polar surface area (TPSA) is 70.7 Å². The second-order valence-corrected chi connectivity index (χ2v) is 6.10. The van der Waals surface area contributed by atoms with Crippen LogP contribution in [0.5, 0.6) is 0 Å². The van der Waals surface area contributed by atoms with Crippen molar-refractivity contribution in [3.05, 3.63) is 29.8 Å². The van der Waals surface area contributed by atoms with Crippen molar-refractivity contribution in [1.29, 1.82) is 0 Å². The van der Waals surface area contributed by atoms with Gasteiger partial charge in [0.2, 0.25) is 11.8 Å². The van der Waals surface area contributed by atoms with Gasteiger partial charge in [-0.25, -0.2) is 0 Å². The Hall–Kier alpha value is -1.92. The zero-order valence-corrected chi connectivity index (χ0v) is 13.4. The van der Waals surface area contributed by atoms with Gasteiger partial charge in [0.05, 0.1) is 19.3 Å². The summed E-state index contributed by atoms with van der Waals surface area (Å²) in [5.74, 6) is -0.258. The lowest BCUT2D eigenvalue weighted by atomic mass is 10.0. The number of rotatable bonds is 3. The molecule has 23 heavy (non-hydrogen) atoms. The fourth-order valence-electron chi connectivity index (χ4n) is 3.03. The lowest BCUT2D eigenvalue weighted by Gasteiger charge is -2.30. The average Bonchev–Trinajstić information content (AvgIpc) is 2.59. The molecule has 2 amide bonds. The number of anilines is 1. The van der Waals surface area contributed by atoms with Crippen molar-refractivity contribution in [3.8, 4) is 0 Å². The van der Waals surface area contributed by atoms with E-state index in [2.05, 4.69) is 16.7 Å². The Morgan fingerprint density at radius 1 is 1.39 bits per heavy atom. The fourth-order valence-corrected chi connectivity index (χ4v) is 3.03. The van der Waals surface area contributed by atoms with Crippen molar-refractivity contribution in [3.63, 3.8) is 0 Å². The molecule has 0 bridgehead atoms. The van der Waals surface area contributed by atoms with Crippen LogP contribution < -0.4 is 15.5 Å². The van der Waals surface area contributed by atoms with Crippen LogP contribution in [0.1, 0.15) is 18.9 Å². The number of hydrogen-bond donors (Lipinski definition) is 2. The molecule has 1 saturated heterocycles. The van der Waals surface area contributed by atoms with Crippen LogP contribution in [-0.4, -0.2) is 50.2 Å². The minimum atomic E-state index is -0.382. The Morgan fingerprint density at radius 2 is 2.22 bits per heavy atom. The van der Waals surface area contributed by atoms with Crippen molar-refractivity contribution in [2.75, 3.05) is 31.1 Å². The number of nitrogens with one attached hydrogen (secondary N) is 2. The van der Waals surface area contributed by atoms with E-state index in [9.17, 15) is 9.59 Å². The number of hydrogen-bond acceptors (Lipinski definition) is 4. The largest absolute Gasteiger partial charge is 0.375 e. The normalized spacial score (nSPS) is 24.0. The van der Waals surface area contributed by atoms with E-state index in [0.29, 0.717) is 19.7 Å². The first-order valence-electron chi connectivity index (χ1n) is 8.16. The highest BCUT2D eigenvalue weighted by molar-refractivity contribution is 5.98. The molecule has 2 aliphatic rings. The predicted octanol–water partition coefficient (Wildman–Crippen LogP) is 0.459. The van der Waals surface area contributed by atoms with Gasteiger partial charge in [0, 0.05) is 18.8 Å². The maximum Gasteiger partial charge on any atom is 0.246 e. The standard InChI is InChI=1S/C17H23N3O3/c1-12-9-18-14(11-23-12)17(22)19-10-16(21)20-8-4-6-13-5-2-3-7-15(13)20/h2-3,5,7,12,14,18H,4,6,8-11H2,1H3,(H,19,22)/t12-,14+/m1/s1. The average molecular weight is 317 g/mol. The lowest BCUT2D eigenvalue weighted by molar-refractivity contribution is -0.129. The molecular formula is C17H23N3O3. The van der Waals surface area contributed by atoms with Crippen LogP contribution in [0.25, 0.3) is 0 Å². The molecule has 2 N–H and O–H groups in total. The SMILES string of the molecule is C[C@@H]1CN[C@H](C(=O)NCC(=O)N2CCCc3ccccc32)CO1.